The number of amides is 2. The number of anilines is 1. The van der Waals surface area contributed by atoms with Gasteiger partial charge < -0.3 is 10.2 Å². The van der Waals surface area contributed by atoms with Crippen molar-refractivity contribution in [2.24, 2.45) is 0 Å². The maximum atomic E-state index is 12.5. The van der Waals surface area contributed by atoms with Gasteiger partial charge in [0.05, 0.1) is 6.04 Å². The predicted molar refractivity (Wildman–Crippen MR) is 88.1 cm³/mol. The molecule has 3 rings (SSSR count). The van der Waals surface area contributed by atoms with E-state index in [9.17, 15) is 9.59 Å². The minimum atomic E-state index is -0.378. The van der Waals surface area contributed by atoms with E-state index in [1.54, 1.807) is 11.9 Å². The van der Waals surface area contributed by atoms with Crippen molar-refractivity contribution >= 4 is 17.6 Å². The normalized spacial score (nSPS) is 23.1. The van der Waals surface area contributed by atoms with Crippen molar-refractivity contribution in [1.82, 2.24) is 14.7 Å². The molecule has 126 valence electrons. The van der Waals surface area contributed by atoms with Crippen molar-refractivity contribution < 1.29 is 9.59 Å². The molecular weight excluding hydrogens is 292 g/mol. The Morgan fingerprint density at radius 3 is 2.70 bits per heavy atom. The molecule has 23 heavy (non-hydrogen) atoms. The quantitative estimate of drug-likeness (QED) is 0.931. The van der Waals surface area contributed by atoms with Crippen LogP contribution in [0.25, 0.3) is 0 Å². The summed E-state index contributed by atoms with van der Waals surface area (Å²) in [5.41, 5.74) is 1.08. The van der Waals surface area contributed by atoms with Crippen LogP contribution in [0.3, 0.4) is 0 Å². The first-order valence-corrected chi connectivity index (χ1v) is 8.69. The van der Waals surface area contributed by atoms with Gasteiger partial charge in [-0.25, -0.2) is 0 Å². The lowest BCUT2D eigenvalue weighted by Crippen LogP contribution is -2.47. The topological polar surface area (TPSA) is 67.2 Å². The Kier molecular flexibility index (Phi) is 4.68. The first-order chi connectivity index (χ1) is 11.1. The Bertz CT molecular complexity index is 589. The Hall–Kier alpha value is -1.85. The monoisotopic (exact) mass is 318 g/mol. The molecular formula is C17H26N4O2. The summed E-state index contributed by atoms with van der Waals surface area (Å²) in [5, 5.41) is 7.49. The van der Waals surface area contributed by atoms with Gasteiger partial charge in [0.2, 0.25) is 11.8 Å². The zero-order chi connectivity index (χ0) is 16.4. The molecule has 0 radical (unpaired) electrons. The lowest BCUT2D eigenvalue weighted by atomic mass is 9.95. The Balaban J connectivity index is 1.68. The molecule has 1 aromatic heterocycles. The molecule has 2 amide bonds. The maximum Gasteiger partial charge on any atom is 0.248 e. The average Bonchev–Trinajstić information content (AvgIpc) is 2.91. The van der Waals surface area contributed by atoms with E-state index in [2.05, 4.69) is 15.1 Å². The van der Waals surface area contributed by atoms with Crippen molar-refractivity contribution in [2.45, 2.75) is 70.4 Å². The number of piperidine rings is 1. The Labute approximate surface area is 137 Å². The zero-order valence-corrected chi connectivity index (χ0v) is 14.0. The number of nitrogens with zero attached hydrogens (tertiary/aromatic N) is 3. The molecule has 2 heterocycles. The molecule has 1 aromatic rings. The molecule has 0 spiro atoms. The highest BCUT2D eigenvalue weighted by atomic mass is 16.2. The van der Waals surface area contributed by atoms with E-state index in [4.69, 9.17) is 0 Å². The minimum absolute atomic E-state index is 0.0420. The van der Waals surface area contributed by atoms with Crippen LogP contribution >= 0.6 is 0 Å². The molecule has 0 bridgehead atoms. The van der Waals surface area contributed by atoms with Crippen LogP contribution in [0.5, 0.6) is 0 Å². The van der Waals surface area contributed by atoms with E-state index < -0.39 is 0 Å². The summed E-state index contributed by atoms with van der Waals surface area (Å²) >= 11 is 0. The number of nitrogens with one attached hydrogen (secondary N) is 1. The summed E-state index contributed by atoms with van der Waals surface area (Å²) in [6.45, 7) is 2.04. The van der Waals surface area contributed by atoms with Gasteiger partial charge in [-0.2, -0.15) is 5.10 Å². The van der Waals surface area contributed by atoms with Gasteiger partial charge >= 0.3 is 0 Å². The summed E-state index contributed by atoms with van der Waals surface area (Å²) in [4.78, 5) is 25.8. The van der Waals surface area contributed by atoms with Gasteiger partial charge in [0, 0.05) is 25.2 Å². The van der Waals surface area contributed by atoms with Crippen LogP contribution in [0.15, 0.2) is 6.07 Å². The largest absolute Gasteiger partial charge is 0.334 e. The number of aryl methyl sites for hydroxylation is 1. The van der Waals surface area contributed by atoms with Gasteiger partial charge in [-0.3, -0.25) is 14.3 Å². The first-order valence-electron chi connectivity index (χ1n) is 8.69. The fourth-order valence-corrected chi connectivity index (χ4v) is 3.75. The number of carbonyl (C=O) groups excluding carboxylic acids is 2. The highest BCUT2D eigenvalue weighted by Crippen LogP contribution is 2.29. The fraction of sp³-hybridized carbons (Fsp3) is 0.706. The standard InChI is InChI=1S/C17H26N4O2/c1-12-11-15(19-21(12)13-7-4-3-5-8-13)18-17(23)14-9-6-10-16(22)20(14)2/h11,13-14H,3-10H2,1-2H3,(H,18,19,23). The molecule has 1 aliphatic carbocycles. The van der Waals surface area contributed by atoms with E-state index in [0.717, 1.165) is 31.4 Å². The van der Waals surface area contributed by atoms with Gasteiger partial charge in [0.1, 0.15) is 6.04 Å². The van der Waals surface area contributed by atoms with Crippen LogP contribution < -0.4 is 5.32 Å². The number of likely N-dealkylation sites (tertiary alicyclic amines) is 1. The summed E-state index contributed by atoms with van der Waals surface area (Å²) in [6, 6.07) is 2.00. The van der Waals surface area contributed by atoms with Crippen molar-refractivity contribution in [3.8, 4) is 0 Å². The third kappa shape index (κ3) is 3.41. The maximum absolute atomic E-state index is 12.5. The SMILES string of the molecule is Cc1cc(NC(=O)C2CCCC(=O)N2C)nn1C1CCCCC1. The summed E-state index contributed by atoms with van der Waals surface area (Å²) in [7, 11) is 1.71. The van der Waals surface area contributed by atoms with Crippen molar-refractivity contribution in [3.05, 3.63) is 11.8 Å². The van der Waals surface area contributed by atoms with Gasteiger partial charge in [0.15, 0.2) is 5.82 Å². The summed E-state index contributed by atoms with van der Waals surface area (Å²) in [6.07, 6.45) is 8.16. The van der Waals surface area contributed by atoms with Crippen molar-refractivity contribution in [1.29, 1.82) is 0 Å². The van der Waals surface area contributed by atoms with E-state index in [1.807, 2.05) is 13.0 Å². The number of aromatic nitrogens is 2. The molecule has 1 saturated heterocycles. The summed E-state index contributed by atoms with van der Waals surface area (Å²) in [5.74, 6) is 0.513. The predicted octanol–water partition coefficient (Wildman–Crippen LogP) is 2.65. The molecule has 6 heteroatoms. The minimum Gasteiger partial charge on any atom is -0.334 e. The number of hydrogen-bond donors (Lipinski definition) is 1. The van der Waals surface area contributed by atoms with Crippen LogP contribution in [-0.4, -0.2) is 39.6 Å². The van der Waals surface area contributed by atoms with Crippen LogP contribution in [0.4, 0.5) is 5.82 Å². The third-order valence-electron chi connectivity index (χ3n) is 5.13. The van der Waals surface area contributed by atoms with Gasteiger partial charge in [-0.1, -0.05) is 19.3 Å². The molecule has 0 aromatic carbocycles. The van der Waals surface area contributed by atoms with Gasteiger partial charge in [0.25, 0.3) is 0 Å². The Morgan fingerprint density at radius 1 is 1.22 bits per heavy atom. The number of rotatable bonds is 3. The fourth-order valence-electron chi connectivity index (χ4n) is 3.75. The molecule has 1 saturated carbocycles. The lowest BCUT2D eigenvalue weighted by Gasteiger charge is -2.31. The highest BCUT2D eigenvalue weighted by Gasteiger charge is 2.31. The van der Waals surface area contributed by atoms with Crippen molar-refractivity contribution in [2.75, 3.05) is 12.4 Å². The van der Waals surface area contributed by atoms with Crippen LogP contribution in [0.2, 0.25) is 0 Å². The average molecular weight is 318 g/mol. The summed E-state index contributed by atoms with van der Waals surface area (Å²) < 4.78 is 2.06. The van der Waals surface area contributed by atoms with E-state index in [1.165, 1.54) is 19.3 Å². The van der Waals surface area contributed by atoms with Crippen LogP contribution in [0.1, 0.15) is 63.1 Å². The highest BCUT2D eigenvalue weighted by molar-refractivity contribution is 5.97. The number of hydrogen-bond acceptors (Lipinski definition) is 3. The second-order valence-electron chi connectivity index (χ2n) is 6.81. The lowest BCUT2D eigenvalue weighted by molar-refractivity contribution is -0.140. The van der Waals surface area contributed by atoms with Crippen LogP contribution in [-0.2, 0) is 9.59 Å². The van der Waals surface area contributed by atoms with Crippen LogP contribution in [0, 0.1) is 6.92 Å². The molecule has 1 atom stereocenters. The Morgan fingerprint density at radius 2 is 1.96 bits per heavy atom. The molecule has 6 nitrogen and oxygen atoms in total. The second kappa shape index (κ2) is 6.72. The molecule has 1 unspecified atom stereocenters. The van der Waals surface area contributed by atoms with E-state index in [0.29, 0.717) is 18.3 Å². The first kappa shape index (κ1) is 16.0. The zero-order valence-electron chi connectivity index (χ0n) is 14.0. The molecule has 1 N–H and O–H groups in total. The molecule has 2 aliphatic rings. The molecule has 1 aliphatic heterocycles. The van der Waals surface area contributed by atoms with Gasteiger partial charge in [-0.05, 0) is 32.6 Å². The smallest absolute Gasteiger partial charge is 0.248 e. The number of likely N-dealkylation sites (N-methyl/N-ethyl adjacent to an activating group) is 1. The van der Waals surface area contributed by atoms with Crippen molar-refractivity contribution in [3.63, 3.8) is 0 Å². The third-order valence-corrected chi connectivity index (χ3v) is 5.13. The van der Waals surface area contributed by atoms with E-state index >= 15 is 0 Å². The second-order valence-corrected chi connectivity index (χ2v) is 6.81. The van der Waals surface area contributed by atoms with E-state index in [-0.39, 0.29) is 17.9 Å². The molecule has 2 fully saturated rings. The van der Waals surface area contributed by atoms with Gasteiger partial charge in [-0.15, -0.1) is 0 Å². The number of carbonyl (C=O) groups is 2.